The van der Waals surface area contributed by atoms with Crippen LogP contribution in [0, 0.1) is 6.92 Å². The first-order chi connectivity index (χ1) is 8.74. The summed E-state index contributed by atoms with van der Waals surface area (Å²) in [5, 5.41) is 10.3. The van der Waals surface area contributed by atoms with E-state index in [0.717, 1.165) is 22.7 Å². The minimum atomic E-state index is -0.577. The maximum atomic E-state index is 10.3. The molecule has 0 amide bonds. The number of hydrogen-bond donors (Lipinski definition) is 1. The minimum absolute atomic E-state index is 0.577. The Bertz CT molecular complexity index is 526. The van der Waals surface area contributed by atoms with Crippen molar-refractivity contribution in [3.63, 3.8) is 0 Å². The second kappa shape index (κ2) is 4.54. The number of hydrogen-bond acceptors (Lipinski definition) is 2. The van der Waals surface area contributed by atoms with Crippen molar-refractivity contribution in [1.29, 1.82) is 0 Å². The zero-order valence-corrected chi connectivity index (χ0v) is 10.5. The van der Waals surface area contributed by atoms with Crippen LogP contribution >= 0.6 is 0 Å². The van der Waals surface area contributed by atoms with Crippen molar-refractivity contribution in [3.8, 4) is 0 Å². The van der Waals surface area contributed by atoms with Crippen LogP contribution in [0.5, 0.6) is 0 Å². The van der Waals surface area contributed by atoms with Crippen molar-refractivity contribution in [2.75, 3.05) is 0 Å². The lowest BCUT2D eigenvalue weighted by atomic mass is 10.0. The SMILES string of the molecule is Cc1ccc(C(O)c2ccc(C3CC3)cc2)cn1. The molecule has 1 aliphatic carbocycles. The second-order valence-corrected chi connectivity index (χ2v) is 5.08. The van der Waals surface area contributed by atoms with Gasteiger partial charge in [-0.05, 0) is 42.9 Å². The fourth-order valence-electron chi connectivity index (χ4n) is 2.20. The number of pyridine rings is 1. The number of aliphatic hydroxyl groups excluding tert-OH is 1. The van der Waals surface area contributed by atoms with E-state index in [2.05, 4.69) is 17.1 Å². The van der Waals surface area contributed by atoms with Gasteiger partial charge in [0.25, 0.3) is 0 Å². The highest BCUT2D eigenvalue weighted by Crippen LogP contribution is 2.40. The van der Waals surface area contributed by atoms with E-state index in [1.807, 2.05) is 31.2 Å². The highest BCUT2D eigenvalue weighted by atomic mass is 16.3. The normalized spacial score (nSPS) is 16.6. The molecule has 0 saturated heterocycles. The van der Waals surface area contributed by atoms with E-state index in [1.54, 1.807) is 6.20 Å². The van der Waals surface area contributed by atoms with Gasteiger partial charge in [-0.3, -0.25) is 4.98 Å². The zero-order chi connectivity index (χ0) is 12.5. The molecule has 1 fully saturated rings. The van der Waals surface area contributed by atoms with Gasteiger partial charge in [-0.25, -0.2) is 0 Å². The molecule has 1 heterocycles. The van der Waals surface area contributed by atoms with Crippen molar-refractivity contribution >= 4 is 0 Å². The smallest absolute Gasteiger partial charge is 0.106 e. The van der Waals surface area contributed by atoms with Gasteiger partial charge in [-0.1, -0.05) is 30.3 Å². The molecular weight excluding hydrogens is 222 g/mol. The summed E-state index contributed by atoms with van der Waals surface area (Å²) in [5.74, 6) is 0.761. The lowest BCUT2D eigenvalue weighted by Gasteiger charge is -2.12. The lowest BCUT2D eigenvalue weighted by Crippen LogP contribution is -2.00. The fourth-order valence-corrected chi connectivity index (χ4v) is 2.20. The van der Waals surface area contributed by atoms with Gasteiger partial charge in [-0.15, -0.1) is 0 Å². The zero-order valence-electron chi connectivity index (χ0n) is 10.5. The van der Waals surface area contributed by atoms with E-state index in [4.69, 9.17) is 0 Å². The Hall–Kier alpha value is -1.67. The molecule has 2 heteroatoms. The number of aryl methyl sites for hydroxylation is 1. The fraction of sp³-hybridized carbons (Fsp3) is 0.312. The summed E-state index contributed by atoms with van der Waals surface area (Å²) in [6, 6.07) is 12.2. The van der Waals surface area contributed by atoms with E-state index in [-0.39, 0.29) is 0 Å². The number of aromatic nitrogens is 1. The van der Waals surface area contributed by atoms with Crippen molar-refractivity contribution < 1.29 is 5.11 Å². The van der Waals surface area contributed by atoms with Gasteiger partial charge >= 0.3 is 0 Å². The van der Waals surface area contributed by atoms with Crippen LogP contribution in [0.25, 0.3) is 0 Å². The molecule has 2 aromatic rings. The maximum absolute atomic E-state index is 10.3. The van der Waals surface area contributed by atoms with Gasteiger partial charge in [0.15, 0.2) is 0 Å². The van der Waals surface area contributed by atoms with Crippen LogP contribution in [-0.4, -0.2) is 10.1 Å². The Labute approximate surface area is 107 Å². The topological polar surface area (TPSA) is 33.1 Å². The predicted octanol–water partition coefficient (Wildman–Crippen LogP) is 3.35. The van der Waals surface area contributed by atoms with E-state index in [1.165, 1.54) is 18.4 Å². The van der Waals surface area contributed by atoms with Gasteiger partial charge in [0, 0.05) is 17.5 Å². The van der Waals surface area contributed by atoms with Crippen molar-refractivity contribution in [1.82, 2.24) is 4.98 Å². The van der Waals surface area contributed by atoms with Gasteiger partial charge in [0.1, 0.15) is 6.10 Å². The Morgan fingerprint density at radius 3 is 2.28 bits per heavy atom. The highest BCUT2D eigenvalue weighted by Gasteiger charge is 2.23. The summed E-state index contributed by atoms with van der Waals surface area (Å²) in [5.41, 5.74) is 4.15. The summed E-state index contributed by atoms with van der Waals surface area (Å²) < 4.78 is 0. The second-order valence-electron chi connectivity index (χ2n) is 5.08. The van der Waals surface area contributed by atoms with E-state index >= 15 is 0 Å². The molecule has 1 saturated carbocycles. The van der Waals surface area contributed by atoms with Crippen LogP contribution in [0.2, 0.25) is 0 Å². The molecule has 3 rings (SSSR count). The summed E-state index contributed by atoms with van der Waals surface area (Å²) in [6.45, 7) is 1.95. The summed E-state index contributed by atoms with van der Waals surface area (Å²) in [4.78, 5) is 4.22. The lowest BCUT2D eigenvalue weighted by molar-refractivity contribution is 0.220. The van der Waals surface area contributed by atoms with Crippen LogP contribution in [0.1, 0.15) is 47.2 Å². The van der Waals surface area contributed by atoms with E-state index < -0.39 is 6.10 Å². The molecule has 2 nitrogen and oxygen atoms in total. The Kier molecular flexibility index (Phi) is 2.88. The van der Waals surface area contributed by atoms with Gasteiger partial charge in [0.05, 0.1) is 0 Å². The average Bonchev–Trinajstić information content (AvgIpc) is 3.23. The molecule has 18 heavy (non-hydrogen) atoms. The Balaban J connectivity index is 1.82. The Morgan fingerprint density at radius 2 is 1.72 bits per heavy atom. The number of nitrogens with zero attached hydrogens (tertiary/aromatic N) is 1. The molecule has 92 valence electrons. The molecule has 1 aromatic heterocycles. The summed E-state index contributed by atoms with van der Waals surface area (Å²) in [7, 11) is 0. The molecule has 0 spiro atoms. The molecule has 0 aliphatic heterocycles. The highest BCUT2D eigenvalue weighted by molar-refractivity contribution is 5.33. The molecule has 0 bridgehead atoms. The van der Waals surface area contributed by atoms with Crippen LogP contribution in [0.4, 0.5) is 0 Å². The first-order valence-corrected chi connectivity index (χ1v) is 6.44. The number of benzene rings is 1. The molecule has 0 radical (unpaired) electrons. The largest absolute Gasteiger partial charge is 0.384 e. The molecule has 1 atom stereocenters. The third-order valence-corrected chi connectivity index (χ3v) is 3.55. The molecular formula is C16H17NO. The van der Waals surface area contributed by atoms with Crippen LogP contribution in [-0.2, 0) is 0 Å². The maximum Gasteiger partial charge on any atom is 0.106 e. The first kappa shape index (κ1) is 11.4. The third-order valence-electron chi connectivity index (χ3n) is 3.55. The predicted molar refractivity (Wildman–Crippen MR) is 71.5 cm³/mol. The standard InChI is InChI=1S/C16H17NO/c1-11-2-3-15(10-17-11)16(18)14-8-6-13(7-9-14)12-4-5-12/h2-3,6-10,12,16,18H,4-5H2,1H3. The van der Waals surface area contributed by atoms with Crippen LogP contribution in [0.15, 0.2) is 42.6 Å². The van der Waals surface area contributed by atoms with Gasteiger partial charge in [0.2, 0.25) is 0 Å². The Morgan fingerprint density at radius 1 is 1.06 bits per heavy atom. The molecule has 1 aliphatic rings. The summed E-state index contributed by atoms with van der Waals surface area (Å²) >= 11 is 0. The minimum Gasteiger partial charge on any atom is -0.384 e. The third kappa shape index (κ3) is 2.29. The van der Waals surface area contributed by atoms with Crippen molar-refractivity contribution in [2.24, 2.45) is 0 Å². The molecule has 1 unspecified atom stereocenters. The van der Waals surface area contributed by atoms with Crippen LogP contribution < -0.4 is 0 Å². The quantitative estimate of drug-likeness (QED) is 0.891. The van der Waals surface area contributed by atoms with Crippen molar-refractivity contribution in [2.45, 2.75) is 31.8 Å². The first-order valence-electron chi connectivity index (χ1n) is 6.44. The summed E-state index contributed by atoms with van der Waals surface area (Å²) in [6.07, 6.45) is 3.79. The van der Waals surface area contributed by atoms with Crippen LogP contribution in [0.3, 0.4) is 0 Å². The number of aliphatic hydroxyl groups is 1. The molecule has 1 N–H and O–H groups in total. The van der Waals surface area contributed by atoms with Crippen molar-refractivity contribution in [3.05, 3.63) is 65.0 Å². The van der Waals surface area contributed by atoms with Gasteiger partial charge in [-0.2, -0.15) is 0 Å². The van der Waals surface area contributed by atoms with E-state index in [0.29, 0.717) is 0 Å². The van der Waals surface area contributed by atoms with E-state index in [9.17, 15) is 5.11 Å². The monoisotopic (exact) mass is 239 g/mol. The van der Waals surface area contributed by atoms with Gasteiger partial charge < -0.3 is 5.11 Å². The average molecular weight is 239 g/mol. The number of rotatable bonds is 3. The molecule has 1 aromatic carbocycles.